The number of hydrogen-bond donors (Lipinski definition) is 0. The van der Waals surface area contributed by atoms with Crippen LogP contribution in [0.1, 0.15) is 20.3 Å². The topological polar surface area (TPSA) is 40.1 Å². The average molecular weight is 176 g/mol. The van der Waals surface area contributed by atoms with Crippen molar-refractivity contribution in [3.8, 4) is 0 Å². The molecular weight excluding hydrogens is 167 g/mol. The van der Waals surface area contributed by atoms with E-state index in [2.05, 4.69) is 11.2 Å². The van der Waals surface area contributed by atoms with Crippen molar-refractivity contribution in [2.24, 2.45) is 0 Å². The fourth-order valence-corrected chi connectivity index (χ4v) is 1.02. The van der Waals surface area contributed by atoms with E-state index in [1.165, 1.54) is 0 Å². The Bertz CT molecular complexity index is 152. The van der Waals surface area contributed by atoms with E-state index in [1.807, 2.05) is 0 Å². The smallest absolute Gasteiger partial charge is 0.769 e. The van der Waals surface area contributed by atoms with E-state index in [9.17, 15) is 8.76 Å². The zero-order chi connectivity index (χ0) is 6.78. The van der Waals surface area contributed by atoms with Crippen LogP contribution < -0.4 is 29.6 Å². The third kappa shape index (κ3) is 5.76. The van der Waals surface area contributed by atoms with E-state index < -0.39 is 8.77 Å². The predicted molar refractivity (Wildman–Crippen MR) is 36.0 cm³/mol. The van der Waals surface area contributed by atoms with Crippen LogP contribution >= 0.6 is 0 Å². The molecule has 0 rings (SSSR count). The van der Waals surface area contributed by atoms with Crippen molar-refractivity contribution in [1.82, 2.24) is 0 Å². The molecule has 0 aliphatic carbocycles. The second-order valence-electron chi connectivity index (χ2n) is 1.71. The maximum atomic E-state index is 10.4. The Morgan fingerprint density at radius 2 is 2.11 bits per heavy atom. The van der Waals surface area contributed by atoms with E-state index in [0.717, 1.165) is 0 Å². The summed E-state index contributed by atoms with van der Waals surface area (Å²) in [5.74, 6) is 0. The van der Waals surface area contributed by atoms with Crippen molar-refractivity contribution in [2.75, 3.05) is 0 Å². The summed E-state index contributed by atoms with van der Waals surface area (Å²) < 4.78 is 20.8. The molecule has 5 heteroatoms. The summed E-state index contributed by atoms with van der Waals surface area (Å²) in [6.45, 7) is 3.41. The molecule has 0 N–H and O–H groups in total. The Morgan fingerprint density at radius 3 is 2.11 bits per heavy atom. The van der Waals surface area contributed by atoms with Crippen LogP contribution in [-0.4, -0.2) is 14.0 Å². The van der Waals surface area contributed by atoms with Gasteiger partial charge in [0.1, 0.15) is 0 Å². The van der Waals surface area contributed by atoms with Gasteiger partial charge in [-0.1, -0.05) is 13.8 Å². The van der Waals surface area contributed by atoms with Crippen molar-refractivity contribution < 1.29 is 38.3 Å². The molecule has 0 saturated heterocycles. The molecule has 2 nitrogen and oxygen atoms in total. The SMILES string of the molecule is CCC(C)S(=O)([O-])=S.[Na+]. The van der Waals surface area contributed by atoms with Gasteiger partial charge in [0.05, 0.1) is 0 Å². The van der Waals surface area contributed by atoms with Crippen molar-refractivity contribution in [3.63, 3.8) is 0 Å². The van der Waals surface area contributed by atoms with E-state index in [1.54, 1.807) is 13.8 Å². The van der Waals surface area contributed by atoms with Gasteiger partial charge in [0.25, 0.3) is 0 Å². The molecule has 2 atom stereocenters. The van der Waals surface area contributed by atoms with Crippen LogP contribution in [-0.2, 0) is 20.0 Å². The van der Waals surface area contributed by atoms with Gasteiger partial charge in [-0.15, -0.1) is 0 Å². The molecule has 0 amide bonds. The quantitative estimate of drug-likeness (QED) is 0.443. The Balaban J connectivity index is 0. The molecule has 0 fully saturated rings. The van der Waals surface area contributed by atoms with Gasteiger partial charge in [0.2, 0.25) is 0 Å². The van der Waals surface area contributed by atoms with Crippen LogP contribution in [0.2, 0.25) is 0 Å². The first kappa shape index (κ1) is 13.0. The van der Waals surface area contributed by atoms with Crippen LogP contribution in [0, 0.1) is 0 Å². The average Bonchev–Trinajstić information content (AvgIpc) is 1.62. The molecule has 0 aromatic rings. The summed E-state index contributed by atoms with van der Waals surface area (Å²) in [6.07, 6.45) is 0.603. The van der Waals surface area contributed by atoms with Gasteiger partial charge in [-0.3, -0.25) is 4.21 Å². The number of rotatable bonds is 2. The fourth-order valence-electron chi connectivity index (χ4n) is 0.204. The molecule has 2 unspecified atom stereocenters. The summed E-state index contributed by atoms with van der Waals surface area (Å²) in [7, 11) is -3.17. The minimum Gasteiger partial charge on any atom is -0.769 e. The van der Waals surface area contributed by atoms with Gasteiger partial charge in [0.15, 0.2) is 0 Å². The van der Waals surface area contributed by atoms with Crippen LogP contribution in [0.5, 0.6) is 0 Å². The second-order valence-corrected chi connectivity index (χ2v) is 4.90. The van der Waals surface area contributed by atoms with E-state index >= 15 is 0 Å². The zero-order valence-electron chi connectivity index (χ0n) is 5.92. The first-order valence-electron chi connectivity index (χ1n) is 2.43. The molecule has 9 heavy (non-hydrogen) atoms. The first-order valence-corrected chi connectivity index (χ1v) is 4.90. The largest absolute Gasteiger partial charge is 1.00 e. The third-order valence-corrected chi connectivity index (χ3v) is 3.37. The fraction of sp³-hybridized carbons (Fsp3) is 1.00. The van der Waals surface area contributed by atoms with E-state index in [-0.39, 0.29) is 34.8 Å². The monoisotopic (exact) mass is 176 g/mol. The van der Waals surface area contributed by atoms with Crippen molar-refractivity contribution >= 4 is 20.0 Å². The molecule has 0 aliphatic rings. The summed E-state index contributed by atoms with van der Waals surface area (Å²) in [5, 5.41) is -0.363. The molecule has 0 bridgehead atoms. The van der Waals surface area contributed by atoms with Gasteiger partial charge in [0, 0.05) is 5.25 Å². The minimum absolute atomic E-state index is 0. The normalized spacial score (nSPS) is 19.4. The maximum Gasteiger partial charge on any atom is 1.00 e. The third-order valence-electron chi connectivity index (χ3n) is 1.07. The molecule has 0 saturated carbocycles. The number of hydrogen-bond acceptors (Lipinski definition) is 3. The summed E-state index contributed by atoms with van der Waals surface area (Å²) in [6, 6.07) is 0. The Labute approximate surface area is 83.2 Å². The van der Waals surface area contributed by atoms with Gasteiger partial charge in [-0.25, -0.2) is 0 Å². The predicted octanol–water partition coefficient (Wildman–Crippen LogP) is -2.33. The van der Waals surface area contributed by atoms with E-state index in [4.69, 9.17) is 0 Å². The van der Waals surface area contributed by atoms with Crippen LogP contribution in [0.3, 0.4) is 0 Å². The van der Waals surface area contributed by atoms with Crippen molar-refractivity contribution in [2.45, 2.75) is 25.5 Å². The van der Waals surface area contributed by atoms with Gasteiger partial charge >= 0.3 is 29.6 Å². The van der Waals surface area contributed by atoms with E-state index in [0.29, 0.717) is 6.42 Å². The molecule has 0 spiro atoms. The van der Waals surface area contributed by atoms with Gasteiger partial charge in [-0.05, 0) is 26.4 Å². The van der Waals surface area contributed by atoms with Crippen molar-refractivity contribution in [3.05, 3.63) is 0 Å². The van der Waals surface area contributed by atoms with Crippen molar-refractivity contribution in [1.29, 1.82) is 0 Å². The van der Waals surface area contributed by atoms with Gasteiger partial charge in [-0.2, -0.15) is 0 Å². The Morgan fingerprint density at radius 1 is 1.78 bits per heavy atom. The second kappa shape index (κ2) is 5.04. The standard InChI is InChI=1S/C4H10O2S2.Na/c1-3-4(2)8(5,6)7;/h4H,3H2,1-2H3,(H,5,6,7);/q;+1/p-1. The summed E-state index contributed by atoms with van der Waals surface area (Å²) in [4.78, 5) is 0. The maximum absolute atomic E-state index is 10.4. The molecule has 0 heterocycles. The van der Waals surface area contributed by atoms with Crippen LogP contribution in [0.15, 0.2) is 0 Å². The zero-order valence-corrected chi connectivity index (χ0v) is 9.55. The molecule has 50 valence electrons. The Hall–Kier alpha value is 1.33. The Kier molecular flexibility index (Phi) is 7.26. The molecular formula is C4H9NaO2S2. The first-order chi connectivity index (χ1) is 3.48. The summed E-state index contributed by atoms with van der Waals surface area (Å²) >= 11 is 4.18. The molecule has 0 radical (unpaired) electrons. The summed E-state index contributed by atoms with van der Waals surface area (Å²) in [5.41, 5.74) is 0. The van der Waals surface area contributed by atoms with Gasteiger partial charge < -0.3 is 4.55 Å². The van der Waals surface area contributed by atoms with Crippen LogP contribution in [0.4, 0.5) is 0 Å². The molecule has 0 aromatic carbocycles. The van der Waals surface area contributed by atoms with Crippen LogP contribution in [0.25, 0.3) is 0 Å². The minimum atomic E-state index is -3.17. The molecule has 0 aliphatic heterocycles. The molecule has 0 aromatic heterocycles.